The van der Waals surface area contributed by atoms with Gasteiger partial charge in [-0.2, -0.15) is 0 Å². The molecular formula is C28H32N2O10S2. The average Bonchev–Trinajstić information content (AvgIpc) is 2.90. The van der Waals surface area contributed by atoms with E-state index in [-0.39, 0.29) is 29.2 Å². The Hall–Kier alpha value is -3.98. The van der Waals surface area contributed by atoms with E-state index in [1.54, 1.807) is 57.2 Å². The highest BCUT2D eigenvalue weighted by molar-refractivity contribution is 7.91. The molecule has 14 heteroatoms. The number of amides is 1. The van der Waals surface area contributed by atoms with Crippen molar-refractivity contribution in [2.45, 2.75) is 42.6 Å². The van der Waals surface area contributed by atoms with Gasteiger partial charge in [0.25, 0.3) is 5.91 Å². The number of esters is 1. The Morgan fingerprint density at radius 3 is 2.26 bits per heavy atom. The molecule has 0 saturated carbocycles. The van der Waals surface area contributed by atoms with Crippen molar-refractivity contribution in [1.29, 1.82) is 0 Å². The molecule has 3 aromatic rings. The second kappa shape index (κ2) is 12.9. The minimum atomic E-state index is -4.30. The van der Waals surface area contributed by atoms with E-state index in [0.29, 0.717) is 16.7 Å². The van der Waals surface area contributed by atoms with Gasteiger partial charge in [-0.15, -0.1) is 0 Å². The van der Waals surface area contributed by atoms with Crippen LogP contribution in [0.4, 0.5) is 0 Å². The lowest BCUT2D eigenvalue weighted by Crippen LogP contribution is -2.28. The first-order valence-corrected chi connectivity index (χ1v) is 15.9. The van der Waals surface area contributed by atoms with Gasteiger partial charge in [-0.3, -0.25) is 10.0 Å². The third-order valence-electron chi connectivity index (χ3n) is 5.73. The van der Waals surface area contributed by atoms with Gasteiger partial charge in [0.1, 0.15) is 22.0 Å². The largest absolute Gasteiger partial charge is 0.507 e. The minimum Gasteiger partial charge on any atom is -0.507 e. The van der Waals surface area contributed by atoms with Crippen LogP contribution in [0, 0.1) is 0 Å². The molecule has 3 rings (SSSR count). The van der Waals surface area contributed by atoms with Crippen molar-refractivity contribution in [2.75, 3.05) is 19.4 Å². The zero-order valence-electron chi connectivity index (χ0n) is 23.4. The van der Waals surface area contributed by atoms with E-state index in [0.717, 1.165) is 24.5 Å². The van der Waals surface area contributed by atoms with Crippen LogP contribution >= 0.6 is 0 Å². The molecule has 0 aliphatic heterocycles. The summed E-state index contributed by atoms with van der Waals surface area (Å²) in [5, 5.41) is 18.9. The van der Waals surface area contributed by atoms with Crippen LogP contribution < -0.4 is 14.9 Å². The zero-order chi connectivity index (χ0) is 31.3. The molecule has 4 N–H and O–H groups in total. The Kier molecular flexibility index (Phi) is 9.99. The number of hydrogen-bond donors (Lipinski definition) is 4. The molecule has 0 aliphatic carbocycles. The third kappa shape index (κ3) is 8.52. The highest BCUT2D eigenvalue weighted by atomic mass is 32.2. The summed E-state index contributed by atoms with van der Waals surface area (Å²) in [7, 11) is -7.87. The fraction of sp³-hybridized carbons (Fsp3) is 0.286. The first-order valence-electron chi connectivity index (χ1n) is 12.6. The normalized spacial score (nSPS) is 12.0. The van der Waals surface area contributed by atoms with Gasteiger partial charge >= 0.3 is 5.97 Å². The van der Waals surface area contributed by atoms with E-state index in [4.69, 9.17) is 14.7 Å². The molecule has 226 valence electrons. The lowest BCUT2D eigenvalue weighted by atomic mass is 10.0. The molecule has 0 bridgehead atoms. The quantitative estimate of drug-likeness (QED) is 0.141. The van der Waals surface area contributed by atoms with Crippen LogP contribution in [0.3, 0.4) is 0 Å². The fourth-order valence-electron chi connectivity index (χ4n) is 3.93. The van der Waals surface area contributed by atoms with Gasteiger partial charge in [0.05, 0.1) is 4.90 Å². The number of carbonyl (C=O) groups excluding carboxylic acids is 2. The number of hydroxylamine groups is 1. The topological polar surface area (TPSA) is 185 Å². The van der Waals surface area contributed by atoms with Gasteiger partial charge in [0, 0.05) is 23.9 Å². The Morgan fingerprint density at radius 2 is 1.62 bits per heavy atom. The van der Waals surface area contributed by atoms with Crippen molar-refractivity contribution < 1.29 is 46.2 Å². The molecule has 0 fully saturated rings. The van der Waals surface area contributed by atoms with E-state index in [9.17, 15) is 31.5 Å². The fourth-order valence-corrected chi connectivity index (χ4v) is 5.99. The number of phenolic OH excluding ortho intramolecular Hbond substituents is 1. The maximum atomic E-state index is 12.9. The Bertz CT molecular complexity index is 1700. The van der Waals surface area contributed by atoms with E-state index < -0.39 is 54.6 Å². The zero-order valence-corrected chi connectivity index (χ0v) is 25.0. The summed E-state index contributed by atoms with van der Waals surface area (Å²) >= 11 is 0. The second-order valence-corrected chi connectivity index (χ2v) is 14.0. The molecule has 3 aromatic carbocycles. The number of sulfonamides is 1. The van der Waals surface area contributed by atoms with Crippen molar-refractivity contribution in [3.63, 3.8) is 0 Å². The van der Waals surface area contributed by atoms with E-state index in [2.05, 4.69) is 4.72 Å². The SMILES string of the molecule is CC(C)(C)OC(=O)COc1cc(-c2ccccc2S(C)(=O)=O)ccc1CCNS(=O)(=O)c1cc(C(=O)NO)ccc1O. The maximum Gasteiger partial charge on any atom is 0.344 e. The highest BCUT2D eigenvalue weighted by Crippen LogP contribution is 2.32. The first-order chi connectivity index (χ1) is 19.5. The summed E-state index contributed by atoms with van der Waals surface area (Å²) in [6.07, 6.45) is 1.16. The monoisotopic (exact) mass is 620 g/mol. The Labute approximate surface area is 244 Å². The van der Waals surface area contributed by atoms with Crippen LogP contribution in [-0.4, -0.2) is 64.0 Å². The summed E-state index contributed by atoms with van der Waals surface area (Å²) in [5.41, 5.74) is 1.84. The molecule has 0 aromatic heterocycles. The number of carbonyl (C=O) groups is 2. The van der Waals surface area contributed by atoms with Gasteiger partial charge in [-0.05, 0) is 68.7 Å². The molecule has 0 saturated heterocycles. The number of benzene rings is 3. The van der Waals surface area contributed by atoms with Gasteiger partial charge in [-0.25, -0.2) is 31.8 Å². The van der Waals surface area contributed by atoms with Crippen LogP contribution in [0.5, 0.6) is 11.5 Å². The molecule has 0 radical (unpaired) electrons. The molecule has 42 heavy (non-hydrogen) atoms. The number of aromatic hydroxyl groups is 1. The van der Waals surface area contributed by atoms with Crippen LogP contribution in [0.25, 0.3) is 11.1 Å². The molecule has 0 spiro atoms. The van der Waals surface area contributed by atoms with Gasteiger partial charge in [-0.1, -0.05) is 30.3 Å². The lowest BCUT2D eigenvalue weighted by Gasteiger charge is -2.20. The number of phenols is 1. The van der Waals surface area contributed by atoms with Gasteiger partial charge in [0.2, 0.25) is 10.0 Å². The average molecular weight is 621 g/mol. The van der Waals surface area contributed by atoms with Gasteiger partial charge < -0.3 is 14.6 Å². The van der Waals surface area contributed by atoms with Crippen LogP contribution in [0.2, 0.25) is 0 Å². The maximum absolute atomic E-state index is 12.9. The number of hydrogen-bond acceptors (Lipinski definition) is 10. The van der Waals surface area contributed by atoms with Crippen molar-refractivity contribution in [1.82, 2.24) is 10.2 Å². The molecule has 0 aliphatic rings. The summed E-state index contributed by atoms with van der Waals surface area (Å²) in [4.78, 5) is 23.5. The third-order valence-corrected chi connectivity index (χ3v) is 8.37. The number of sulfone groups is 1. The number of nitrogens with one attached hydrogen (secondary N) is 2. The van der Waals surface area contributed by atoms with Crippen molar-refractivity contribution in [3.05, 3.63) is 71.8 Å². The summed E-state index contributed by atoms with van der Waals surface area (Å²) in [5.74, 6) is -2.01. The van der Waals surface area contributed by atoms with Crippen LogP contribution in [0.15, 0.2) is 70.5 Å². The number of ether oxygens (including phenoxy) is 2. The Balaban J connectivity index is 1.90. The van der Waals surface area contributed by atoms with Crippen LogP contribution in [-0.2, 0) is 35.8 Å². The molecule has 0 unspecified atom stereocenters. The first kappa shape index (κ1) is 32.5. The summed E-state index contributed by atoms with van der Waals surface area (Å²) in [6.45, 7) is 4.47. The van der Waals surface area contributed by atoms with E-state index in [1.807, 2.05) is 0 Å². The van der Waals surface area contributed by atoms with E-state index >= 15 is 0 Å². The molecule has 12 nitrogen and oxygen atoms in total. The predicted molar refractivity (Wildman–Crippen MR) is 153 cm³/mol. The number of rotatable bonds is 11. The van der Waals surface area contributed by atoms with Crippen molar-refractivity contribution in [3.8, 4) is 22.6 Å². The van der Waals surface area contributed by atoms with Crippen molar-refractivity contribution >= 4 is 31.7 Å². The Morgan fingerprint density at radius 1 is 0.929 bits per heavy atom. The smallest absolute Gasteiger partial charge is 0.344 e. The summed E-state index contributed by atoms with van der Waals surface area (Å²) < 4.78 is 63.9. The van der Waals surface area contributed by atoms with Crippen molar-refractivity contribution in [2.24, 2.45) is 0 Å². The summed E-state index contributed by atoms with van der Waals surface area (Å²) in [6, 6.07) is 14.3. The van der Waals surface area contributed by atoms with E-state index in [1.165, 1.54) is 11.5 Å². The second-order valence-electron chi connectivity index (χ2n) is 10.2. The predicted octanol–water partition coefficient (Wildman–Crippen LogP) is 2.82. The highest BCUT2D eigenvalue weighted by Gasteiger charge is 2.22. The van der Waals surface area contributed by atoms with Gasteiger partial charge in [0.15, 0.2) is 16.4 Å². The van der Waals surface area contributed by atoms with Crippen LogP contribution in [0.1, 0.15) is 36.7 Å². The standard InChI is InChI=1S/C28H32N2O10S2/c1-28(2,3)40-26(32)17-39-23-15-19(21-7-5-6-8-24(21)41(4,35)36)10-9-18(23)13-14-29-42(37,38)25-16-20(27(33)30-34)11-12-22(25)31/h5-12,15-16,29,31,34H,13-14,17H2,1-4H3,(H,30,33). The molecule has 1 amide bonds. The molecule has 0 atom stereocenters. The minimum absolute atomic E-state index is 0.0640. The molecule has 0 heterocycles. The lowest BCUT2D eigenvalue weighted by molar-refractivity contribution is -0.157. The molecular weight excluding hydrogens is 588 g/mol.